The molecule has 0 atom stereocenters. The highest BCUT2D eigenvalue weighted by Crippen LogP contribution is 2.23. The van der Waals surface area contributed by atoms with Crippen LogP contribution < -0.4 is 5.32 Å². The number of rotatable bonds is 5. The topological polar surface area (TPSA) is 103 Å². The van der Waals surface area contributed by atoms with Gasteiger partial charge in [0.2, 0.25) is 5.91 Å². The predicted octanol–water partition coefficient (Wildman–Crippen LogP) is 4.29. The van der Waals surface area contributed by atoms with Gasteiger partial charge in [0, 0.05) is 23.6 Å². The van der Waals surface area contributed by atoms with Crippen molar-refractivity contribution >= 4 is 34.4 Å². The van der Waals surface area contributed by atoms with Crippen molar-refractivity contribution < 1.29 is 9.72 Å². The van der Waals surface area contributed by atoms with Gasteiger partial charge >= 0.3 is 0 Å². The number of pyridine rings is 1. The van der Waals surface area contributed by atoms with Gasteiger partial charge < -0.3 is 5.32 Å². The quantitative estimate of drug-likeness (QED) is 0.306. The lowest BCUT2D eigenvalue weighted by atomic mass is 10.2. The third kappa shape index (κ3) is 3.93. The second-order valence-electron chi connectivity index (χ2n) is 6.60. The standard InChI is InChI=1S/C22H17N5O3/c1-15-20-13-17(14-23-22(20)26(25-15)18-5-3-2-4-6-18)24-21(28)12-9-16-7-10-19(11-8-16)27(29)30/h2-14H,1H3,(H,24,28)/b12-9+. The number of nitrogens with zero attached hydrogens (tertiary/aromatic N) is 4. The molecule has 0 bridgehead atoms. The molecule has 0 fully saturated rings. The fourth-order valence-corrected chi connectivity index (χ4v) is 3.02. The number of nitrogens with one attached hydrogen (secondary N) is 1. The number of aryl methyl sites for hydroxylation is 1. The van der Waals surface area contributed by atoms with Gasteiger partial charge in [0.1, 0.15) is 0 Å². The molecule has 8 heteroatoms. The van der Waals surface area contributed by atoms with E-state index in [0.29, 0.717) is 16.9 Å². The first kappa shape index (κ1) is 19.0. The zero-order chi connectivity index (χ0) is 21.1. The Labute approximate surface area is 171 Å². The summed E-state index contributed by atoms with van der Waals surface area (Å²) in [5.74, 6) is -0.331. The summed E-state index contributed by atoms with van der Waals surface area (Å²) in [4.78, 5) is 27.0. The van der Waals surface area contributed by atoms with Crippen molar-refractivity contribution in [3.05, 3.63) is 94.3 Å². The molecule has 0 spiro atoms. The van der Waals surface area contributed by atoms with E-state index in [0.717, 1.165) is 16.8 Å². The lowest BCUT2D eigenvalue weighted by molar-refractivity contribution is -0.384. The van der Waals surface area contributed by atoms with Crippen molar-refractivity contribution in [3.63, 3.8) is 0 Å². The van der Waals surface area contributed by atoms with Crippen molar-refractivity contribution in [3.8, 4) is 5.69 Å². The van der Waals surface area contributed by atoms with Crippen LogP contribution in [0.2, 0.25) is 0 Å². The maximum Gasteiger partial charge on any atom is 0.269 e. The van der Waals surface area contributed by atoms with Gasteiger partial charge in [-0.2, -0.15) is 5.10 Å². The van der Waals surface area contributed by atoms with Crippen LogP contribution in [0, 0.1) is 17.0 Å². The monoisotopic (exact) mass is 399 g/mol. The highest BCUT2D eigenvalue weighted by atomic mass is 16.6. The van der Waals surface area contributed by atoms with Crippen LogP contribution in [0.4, 0.5) is 11.4 Å². The lowest BCUT2D eigenvalue weighted by Gasteiger charge is -2.04. The maximum atomic E-state index is 12.3. The smallest absolute Gasteiger partial charge is 0.269 e. The number of para-hydroxylation sites is 1. The minimum Gasteiger partial charge on any atom is -0.321 e. The van der Waals surface area contributed by atoms with E-state index in [9.17, 15) is 14.9 Å². The molecule has 4 aromatic rings. The molecule has 0 radical (unpaired) electrons. The molecule has 0 aliphatic carbocycles. The molecule has 30 heavy (non-hydrogen) atoms. The number of hydrogen-bond acceptors (Lipinski definition) is 5. The number of carbonyl (C=O) groups is 1. The fourth-order valence-electron chi connectivity index (χ4n) is 3.02. The van der Waals surface area contributed by atoms with Crippen LogP contribution in [0.1, 0.15) is 11.3 Å². The van der Waals surface area contributed by atoms with Gasteiger partial charge in [-0.25, -0.2) is 9.67 Å². The Hall–Kier alpha value is -4.33. The molecule has 2 aromatic carbocycles. The van der Waals surface area contributed by atoms with E-state index >= 15 is 0 Å². The molecule has 0 unspecified atom stereocenters. The summed E-state index contributed by atoms with van der Waals surface area (Å²) < 4.78 is 1.77. The number of carbonyl (C=O) groups excluding carboxylic acids is 1. The first-order valence-electron chi connectivity index (χ1n) is 9.15. The Bertz CT molecular complexity index is 1260. The van der Waals surface area contributed by atoms with Gasteiger partial charge in [0.05, 0.1) is 28.2 Å². The molecule has 0 saturated carbocycles. The summed E-state index contributed by atoms with van der Waals surface area (Å²) >= 11 is 0. The number of fused-ring (bicyclic) bond motifs is 1. The largest absolute Gasteiger partial charge is 0.321 e. The SMILES string of the molecule is Cc1nn(-c2ccccc2)c2ncc(NC(=O)/C=C/c3ccc([N+](=O)[O-])cc3)cc12. The van der Waals surface area contributed by atoms with E-state index in [1.165, 1.54) is 18.2 Å². The molecule has 2 heterocycles. The van der Waals surface area contributed by atoms with Gasteiger partial charge in [0.25, 0.3) is 5.69 Å². The number of anilines is 1. The van der Waals surface area contributed by atoms with Crippen LogP contribution in [-0.2, 0) is 4.79 Å². The summed E-state index contributed by atoms with van der Waals surface area (Å²) in [7, 11) is 0. The Morgan fingerprint density at radius 2 is 1.87 bits per heavy atom. The lowest BCUT2D eigenvalue weighted by Crippen LogP contribution is -2.08. The average molecular weight is 399 g/mol. The van der Waals surface area contributed by atoms with E-state index in [1.807, 2.05) is 43.3 Å². The molecule has 0 aliphatic heterocycles. The number of nitro benzene ring substituents is 1. The van der Waals surface area contributed by atoms with Gasteiger partial charge in [-0.3, -0.25) is 14.9 Å². The van der Waals surface area contributed by atoms with Crippen LogP contribution in [0.3, 0.4) is 0 Å². The number of aromatic nitrogens is 3. The Balaban J connectivity index is 1.52. The highest BCUT2D eigenvalue weighted by molar-refractivity contribution is 6.02. The van der Waals surface area contributed by atoms with Crippen LogP contribution in [0.15, 0.2) is 72.9 Å². The van der Waals surface area contributed by atoms with E-state index in [1.54, 1.807) is 29.1 Å². The third-order valence-electron chi connectivity index (χ3n) is 4.51. The van der Waals surface area contributed by atoms with Crippen LogP contribution in [-0.4, -0.2) is 25.6 Å². The second kappa shape index (κ2) is 7.96. The molecule has 4 rings (SSSR count). The van der Waals surface area contributed by atoms with Crippen LogP contribution in [0.25, 0.3) is 22.8 Å². The molecule has 0 saturated heterocycles. The summed E-state index contributed by atoms with van der Waals surface area (Å²) in [6.45, 7) is 1.89. The minimum absolute atomic E-state index is 0.00222. The van der Waals surface area contributed by atoms with Crippen molar-refractivity contribution in [1.29, 1.82) is 0 Å². The molecule has 8 nitrogen and oxygen atoms in total. The molecule has 1 amide bonds. The molecule has 148 valence electrons. The molecule has 1 N–H and O–H groups in total. The number of amides is 1. The fraction of sp³-hybridized carbons (Fsp3) is 0.0455. The summed E-state index contributed by atoms with van der Waals surface area (Å²) in [6, 6.07) is 17.5. The Morgan fingerprint density at radius 3 is 2.57 bits per heavy atom. The predicted molar refractivity (Wildman–Crippen MR) is 114 cm³/mol. The zero-order valence-corrected chi connectivity index (χ0v) is 16.0. The normalized spacial score (nSPS) is 11.1. The summed E-state index contributed by atoms with van der Waals surface area (Å²) in [6.07, 6.45) is 4.54. The summed E-state index contributed by atoms with van der Waals surface area (Å²) in [5.41, 5.74) is 3.66. The number of hydrogen-bond donors (Lipinski definition) is 1. The first-order chi connectivity index (χ1) is 14.5. The van der Waals surface area contributed by atoms with Crippen molar-refractivity contribution in [2.24, 2.45) is 0 Å². The van der Waals surface area contributed by atoms with Crippen LogP contribution >= 0.6 is 0 Å². The van der Waals surface area contributed by atoms with Crippen molar-refractivity contribution in [1.82, 2.24) is 14.8 Å². The molecular formula is C22H17N5O3. The number of nitro groups is 1. The van der Waals surface area contributed by atoms with Gasteiger partial charge in [-0.1, -0.05) is 18.2 Å². The van der Waals surface area contributed by atoms with Gasteiger partial charge in [-0.15, -0.1) is 0 Å². The highest BCUT2D eigenvalue weighted by Gasteiger charge is 2.11. The average Bonchev–Trinajstić information content (AvgIpc) is 3.09. The number of benzene rings is 2. The van der Waals surface area contributed by atoms with Crippen molar-refractivity contribution in [2.75, 3.05) is 5.32 Å². The second-order valence-corrected chi connectivity index (χ2v) is 6.60. The van der Waals surface area contributed by atoms with Gasteiger partial charge in [0.15, 0.2) is 5.65 Å². The minimum atomic E-state index is -0.467. The Morgan fingerprint density at radius 1 is 1.13 bits per heavy atom. The third-order valence-corrected chi connectivity index (χ3v) is 4.51. The number of non-ortho nitro benzene ring substituents is 1. The van der Waals surface area contributed by atoms with E-state index in [-0.39, 0.29) is 11.6 Å². The van der Waals surface area contributed by atoms with E-state index in [2.05, 4.69) is 15.4 Å². The van der Waals surface area contributed by atoms with Crippen LogP contribution in [0.5, 0.6) is 0 Å². The van der Waals surface area contributed by atoms with E-state index in [4.69, 9.17) is 0 Å². The molecule has 0 aliphatic rings. The van der Waals surface area contributed by atoms with E-state index < -0.39 is 4.92 Å². The van der Waals surface area contributed by atoms with Crippen molar-refractivity contribution in [2.45, 2.75) is 6.92 Å². The zero-order valence-electron chi connectivity index (χ0n) is 16.0. The maximum absolute atomic E-state index is 12.3. The first-order valence-corrected chi connectivity index (χ1v) is 9.15. The Kier molecular flexibility index (Phi) is 5.04. The summed E-state index contributed by atoms with van der Waals surface area (Å²) in [5, 5.41) is 18.9. The van der Waals surface area contributed by atoms with Gasteiger partial charge in [-0.05, 0) is 48.9 Å². The molecule has 2 aromatic heterocycles. The molecular weight excluding hydrogens is 382 g/mol.